The lowest BCUT2D eigenvalue weighted by molar-refractivity contribution is 0.143. The van der Waals surface area contributed by atoms with Crippen LogP contribution in [-0.4, -0.2) is 54.8 Å². The third kappa shape index (κ3) is 3.84. The number of benzene rings is 1. The third-order valence-electron chi connectivity index (χ3n) is 6.66. The van der Waals surface area contributed by atoms with Crippen LogP contribution in [0.3, 0.4) is 0 Å². The van der Waals surface area contributed by atoms with Crippen molar-refractivity contribution in [2.45, 2.75) is 43.9 Å². The first-order valence-electron chi connectivity index (χ1n) is 11.1. The fourth-order valence-corrected chi connectivity index (χ4v) is 4.71. The summed E-state index contributed by atoms with van der Waals surface area (Å²) in [5, 5.41) is 12.2. The second-order valence-corrected chi connectivity index (χ2v) is 9.03. The summed E-state index contributed by atoms with van der Waals surface area (Å²) >= 11 is 0. The van der Waals surface area contributed by atoms with Crippen LogP contribution < -0.4 is 30.9 Å². The van der Waals surface area contributed by atoms with E-state index in [2.05, 4.69) is 10.1 Å². The van der Waals surface area contributed by atoms with Gasteiger partial charge in [0, 0.05) is 25.6 Å². The molecular weight excluding hydrogens is 438 g/mol. The van der Waals surface area contributed by atoms with E-state index in [1.807, 2.05) is 4.90 Å². The highest BCUT2D eigenvalue weighted by atomic mass is 19.1. The molecular formula is C22H26F2N4O5. The van der Waals surface area contributed by atoms with Gasteiger partial charge in [-0.25, -0.2) is 13.6 Å². The second kappa shape index (κ2) is 8.05. The van der Waals surface area contributed by atoms with E-state index in [0.29, 0.717) is 25.0 Å². The third-order valence-corrected chi connectivity index (χ3v) is 6.66. The summed E-state index contributed by atoms with van der Waals surface area (Å²) in [6.45, 7) is 1.99. The first kappa shape index (κ1) is 21.7. The largest absolute Gasteiger partial charge is 0.511 e. The second-order valence-electron chi connectivity index (χ2n) is 9.03. The zero-order chi connectivity index (χ0) is 23.4. The van der Waals surface area contributed by atoms with E-state index in [0.717, 1.165) is 19.2 Å². The van der Waals surface area contributed by atoms with Crippen LogP contribution in [0.15, 0.2) is 11.0 Å². The van der Waals surface area contributed by atoms with Gasteiger partial charge in [-0.1, -0.05) is 0 Å². The number of hydrogen-bond acceptors (Lipinski definition) is 7. The number of aromatic nitrogens is 1. The Labute approximate surface area is 188 Å². The summed E-state index contributed by atoms with van der Waals surface area (Å²) in [5.41, 5.74) is 5.03. The van der Waals surface area contributed by atoms with E-state index in [9.17, 15) is 14.0 Å². The van der Waals surface area contributed by atoms with Gasteiger partial charge in [-0.2, -0.15) is 0 Å². The number of fused-ring (bicyclic) bond motifs is 1. The number of alkyl halides is 1. The zero-order valence-electron chi connectivity index (χ0n) is 18.1. The lowest BCUT2D eigenvalue weighted by Crippen LogP contribution is -2.28. The van der Waals surface area contributed by atoms with E-state index in [1.165, 1.54) is 24.5 Å². The first-order chi connectivity index (χ1) is 15.8. The molecule has 1 saturated heterocycles. The number of nitrogens with one attached hydrogen (secondary N) is 1. The summed E-state index contributed by atoms with van der Waals surface area (Å²) in [6, 6.07) is -0.0876. The average Bonchev–Trinajstić information content (AvgIpc) is 3.69. The van der Waals surface area contributed by atoms with Crippen LogP contribution in [0.2, 0.25) is 0 Å². The number of nitrogens with two attached hydrogens (primary N) is 1. The van der Waals surface area contributed by atoms with Crippen LogP contribution in [0.4, 0.5) is 25.0 Å². The molecule has 2 aliphatic carbocycles. The predicted octanol–water partition coefficient (Wildman–Crippen LogP) is 2.65. The molecule has 33 heavy (non-hydrogen) atoms. The minimum Gasteiger partial charge on any atom is -0.492 e. The van der Waals surface area contributed by atoms with Crippen LogP contribution in [0.25, 0.3) is 10.9 Å². The molecule has 0 spiro atoms. The van der Waals surface area contributed by atoms with Crippen molar-refractivity contribution in [3.8, 4) is 11.5 Å². The Balaban J connectivity index is 1.64. The Hall–Kier alpha value is -3.08. The summed E-state index contributed by atoms with van der Waals surface area (Å²) in [5.74, 6) is -0.995. The van der Waals surface area contributed by atoms with Crippen molar-refractivity contribution in [3.05, 3.63) is 22.2 Å². The molecule has 2 aromatic rings. The molecule has 3 fully saturated rings. The number of pyridine rings is 1. The Bertz CT molecular complexity index is 1180. The molecule has 0 bridgehead atoms. The Morgan fingerprint density at radius 1 is 1.36 bits per heavy atom. The quantitative estimate of drug-likeness (QED) is 0.423. The minimum atomic E-state index is -1.71. The lowest BCUT2D eigenvalue weighted by atomic mass is 10.1. The average molecular weight is 464 g/mol. The van der Waals surface area contributed by atoms with Crippen molar-refractivity contribution >= 4 is 28.4 Å². The van der Waals surface area contributed by atoms with Gasteiger partial charge < -0.3 is 35.1 Å². The van der Waals surface area contributed by atoms with E-state index < -0.39 is 41.1 Å². The smallest absolute Gasteiger partial charge is 0.492 e. The summed E-state index contributed by atoms with van der Waals surface area (Å²) in [4.78, 5) is 25.9. The molecule has 1 aromatic heterocycles. The Morgan fingerprint density at radius 3 is 2.70 bits per heavy atom. The fraction of sp³-hybridized carbons (Fsp3) is 0.545. The van der Waals surface area contributed by atoms with Gasteiger partial charge in [0.05, 0.1) is 35.9 Å². The van der Waals surface area contributed by atoms with Crippen molar-refractivity contribution in [1.82, 2.24) is 9.88 Å². The summed E-state index contributed by atoms with van der Waals surface area (Å²) < 4.78 is 41.3. The number of halogens is 2. The van der Waals surface area contributed by atoms with Crippen LogP contribution in [-0.2, 0) is 0 Å². The molecule has 9 nitrogen and oxygen atoms in total. The lowest BCUT2D eigenvalue weighted by Gasteiger charge is -2.26. The zero-order valence-corrected chi connectivity index (χ0v) is 18.1. The number of carbonyl (C=O) groups is 1. The van der Waals surface area contributed by atoms with Crippen molar-refractivity contribution in [2.24, 2.45) is 5.92 Å². The fourth-order valence-electron chi connectivity index (χ4n) is 4.71. The number of carboxylic acid groups (broad SMARTS) is 1. The maximum Gasteiger partial charge on any atom is 0.511 e. The van der Waals surface area contributed by atoms with Gasteiger partial charge in [0.15, 0.2) is 17.3 Å². The summed E-state index contributed by atoms with van der Waals surface area (Å²) in [7, 11) is 1.35. The standard InChI is InChI=1S/C22H26F2N4O5/c1-32-21-18-15(20(29)14(33-22(30)31)9-28(18)13-6-12(13)23)17(25)16(24)19(21)27-5-4-10(8-27)7-26-11-2-3-11/h9-13,26H,2-8,25H2,1H3,(H,30,31)/t10-,12+,13-/m1/s1. The molecule has 3 atom stereocenters. The molecule has 2 saturated carbocycles. The molecule has 1 aromatic carbocycles. The van der Waals surface area contributed by atoms with Crippen LogP contribution >= 0.6 is 0 Å². The maximum absolute atomic E-state index is 15.6. The van der Waals surface area contributed by atoms with Gasteiger partial charge in [-0.15, -0.1) is 0 Å². The summed E-state index contributed by atoms with van der Waals surface area (Å²) in [6.07, 6.45) is 1.61. The number of nitrogens with zero attached hydrogens (tertiary/aromatic N) is 2. The number of anilines is 2. The number of nitrogen functional groups attached to an aromatic ring is 1. The minimum absolute atomic E-state index is 0.0746. The SMILES string of the molecule is COc1c(N2CC[C@H](CNC3CC3)C2)c(F)c(N)c2c(=O)c(OC(=O)O)cn([C@@H]3C[C@@H]3F)c12. The molecule has 3 aliphatic rings. The molecule has 0 unspecified atom stereocenters. The highest BCUT2D eigenvalue weighted by Crippen LogP contribution is 2.48. The van der Waals surface area contributed by atoms with Crippen molar-refractivity contribution in [1.29, 1.82) is 0 Å². The van der Waals surface area contributed by atoms with E-state index in [4.69, 9.17) is 15.6 Å². The van der Waals surface area contributed by atoms with Gasteiger partial charge >= 0.3 is 6.16 Å². The van der Waals surface area contributed by atoms with Gasteiger partial charge in [0.1, 0.15) is 11.9 Å². The molecule has 5 rings (SSSR count). The molecule has 178 valence electrons. The highest BCUT2D eigenvalue weighted by molar-refractivity contribution is 6.01. The van der Waals surface area contributed by atoms with Crippen molar-refractivity contribution in [2.75, 3.05) is 37.4 Å². The number of methoxy groups -OCH3 is 1. The van der Waals surface area contributed by atoms with Gasteiger partial charge in [0.25, 0.3) is 0 Å². The van der Waals surface area contributed by atoms with E-state index in [1.54, 1.807) is 0 Å². The number of ether oxygens (including phenoxy) is 2. The monoisotopic (exact) mass is 464 g/mol. The number of rotatable bonds is 7. The first-order valence-corrected chi connectivity index (χ1v) is 11.1. The molecule has 0 amide bonds. The molecule has 0 radical (unpaired) electrons. The van der Waals surface area contributed by atoms with Gasteiger partial charge in [-0.05, 0) is 31.7 Å². The topological polar surface area (TPSA) is 119 Å². The Kier molecular flexibility index (Phi) is 5.31. The van der Waals surface area contributed by atoms with Crippen LogP contribution in [0.1, 0.15) is 31.7 Å². The molecule has 2 heterocycles. The van der Waals surface area contributed by atoms with E-state index in [-0.39, 0.29) is 28.8 Å². The van der Waals surface area contributed by atoms with E-state index >= 15 is 4.39 Å². The normalized spacial score (nSPS) is 24.3. The molecule has 11 heteroatoms. The van der Waals surface area contributed by atoms with Gasteiger partial charge in [-0.3, -0.25) is 4.79 Å². The van der Waals surface area contributed by atoms with Crippen LogP contribution in [0.5, 0.6) is 11.5 Å². The predicted molar refractivity (Wildman–Crippen MR) is 118 cm³/mol. The van der Waals surface area contributed by atoms with Crippen molar-refractivity contribution < 1.29 is 28.2 Å². The van der Waals surface area contributed by atoms with Gasteiger partial charge in [0.2, 0.25) is 5.43 Å². The highest BCUT2D eigenvalue weighted by Gasteiger charge is 2.42. The molecule has 1 aliphatic heterocycles. The molecule has 4 N–H and O–H groups in total. The number of hydrogen-bond donors (Lipinski definition) is 3. The Morgan fingerprint density at radius 2 is 2.09 bits per heavy atom. The van der Waals surface area contributed by atoms with Crippen molar-refractivity contribution in [3.63, 3.8) is 0 Å². The van der Waals surface area contributed by atoms with Crippen LogP contribution in [0, 0.1) is 11.7 Å². The maximum atomic E-state index is 15.6.